The first-order chi connectivity index (χ1) is 8.58. The van der Waals surface area contributed by atoms with Crippen molar-refractivity contribution in [1.29, 1.82) is 5.26 Å². The van der Waals surface area contributed by atoms with Gasteiger partial charge in [-0.25, -0.2) is 0 Å². The fourth-order valence-electron chi connectivity index (χ4n) is 1.33. The normalized spacial score (nSPS) is 11.2. The molecule has 1 aromatic rings. The Hall–Kier alpha value is -1.80. The third kappa shape index (κ3) is 3.90. The molecule has 0 spiro atoms. The Morgan fingerprint density at radius 1 is 1.67 bits per heavy atom. The zero-order valence-corrected chi connectivity index (χ0v) is 11.6. The Morgan fingerprint density at radius 2 is 2.39 bits per heavy atom. The molecule has 0 aromatic heterocycles. The van der Waals surface area contributed by atoms with Gasteiger partial charge in [-0.1, -0.05) is 6.08 Å². The molecule has 1 rings (SSSR count). The van der Waals surface area contributed by atoms with Gasteiger partial charge >= 0.3 is 0 Å². The lowest BCUT2D eigenvalue weighted by molar-refractivity contribution is -0.121. The van der Waals surface area contributed by atoms with Crippen LogP contribution in [0.15, 0.2) is 35.3 Å². The highest BCUT2D eigenvalue weighted by molar-refractivity contribution is 9.10. The smallest absolute Gasteiger partial charge is 0.242 e. The molecule has 0 aliphatic heterocycles. The van der Waals surface area contributed by atoms with Crippen molar-refractivity contribution in [2.24, 2.45) is 0 Å². The van der Waals surface area contributed by atoms with Crippen molar-refractivity contribution < 1.29 is 4.79 Å². The number of carbonyl (C=O) groups excluding carboxylic acids is 1. The largest absolute Gasteiger partial charge is 0.373 e. The van der Waals surface area contributed by atoms with Gasteiger partial charge in [0.2, 0.25) is 5.91 Å². The average molecular weight is 308 g/mol. The number of carbonyl (C=O) groups is 1. The number of nitrogens with zero attached hydrogens (tertiary/aromatic N) is 1. The van der Waals surface area contributed by atoms with E-state index in [1.54, 1.807) is 31.2 Å². The molecule has 1 aromatic carbocycles. The first kappa shape index (κ1) is 14.3. The lowest BCUT2D eigenvalue weighted by Crippen LogP contribution is -2.37. The van der Waals surface area contributed by atoms with Gasteiger partial charge in [0.1, 0.15) is 6.04 Å². The number of hydrogen-bond acceptors (Lipinski definition) is 3. The number of nitriles is 1. The van der Waals surface area contributed by atoms with Crippen molar-refractivity contribution in [1.82, 2.24) is 5.32 Å². The second kappa shape index (κ2) is 6.82. The topological polar surface area (TPSA) is 64.9 Å². The van der Waals surface area contributed by atoms with Crippen LogP contribution >= 0.6 is 15.9 Å². The van der Waals surface area contributed by atoms with E-state index in [1.807, 2.05) is 0 Å². The van der Waals surface area contributed by atoms with Crippen molar-refractivity contribution in [3.63, 3.8) is 0 Å². The highest BCUT2D eigenvalue weighted by atomic mass is 79.9. The maximum atomic E-state index is 11.7. The number of nitrogens with one attached hydrogen (secondary N) is 2. The molecule has 0 radical (unpaired) electrons. The van der Waals surface area contributed by atoms with Crippen LogP contribution in [0.5, 0.6) is 0 Å². The molecule has 0 saturated heterocycles. The van der Waals surface area contributed by atoms with E-state index in [-0.39, 0.29) is 11.9 Å². The minimum absolute atomic E-state index is 0.105. The van der Waals surface area contributed by atoms with Gasteiger partial charge in [0.15, 0.2) is 0 Å². The highest BCUT2D eigenvalue weighted by Gasteiger charge is 2.12. The molecule has 1 unspecified atom stereocenters. The van der Waals surface area contributed by atoms with Crippen molar-refractivity contribution in [3.8, 4) is 6.07 Å². The van der Waals surface area contributed by atoms with E-state index in [0.717, 1.165) is 10.2 Å². The Labute approximate surface area is 115 Å². The number of benzene rings is 1. The van der Waals surface area contributed by atoms with Crippen LogP contribution in [0.3, 0.4) is 0 Å². The van der Waals surface area contributed by atoms with Crippen molar-refractivity contribution in [2.45, 2.75) is 13.0 Å². The number of amides is 1. The van der Waals surface area contributed by atoms with Crippen LogP contribution in [-0.2, 0) is 4.79 Å². The third-order valence-electron chi connectivity index (χ3n) is 2.28. The molecule has 0 bridgehead atoms. The number of anilines is 1. The molecule has 94 valence electrons. The summed E-state index contributed by atoms with van der Waals surface area (Å²) in [4.78, 5) is 11.7. The molecule has 5 heteroatoms. The Balaban J connectivity index is 2.70. The monoisotopic (exact) mass is 307 g/mol. The molecular formula is C13H14BrN3O. The van der Waals surface area contributed by atoms with Gasteiger partial charge in [-0.2, -0.15) is 5.26 Å². The van der Waals surface area contributed by atoms with Crippen LogP contribution in [0.25, 0.3) is 0 Å². The summed E-state index contributed by atoms with van der Waals surface area (Å²) >= 11 is 3.36. The lowest BCUT2D eigenvalue weighted by Gasteiger charge is -2.15. The molecule has 18 heavy (non-hydrogen) atoms. The van der Waals surface area contributed by atoms with Gasteiger partial charge in [0, 0.05) is 16.7 Å². The van der Waals surface area contributed by atoms with E-state index in [4.69, 9.17) is 5.26 Å². The first-order valence-corrected chi connectivity index (χ1v) is 6.22. The second-order valence-corrected chi connectivity index (χ2v) is 4.56. The zero-order valence-electron chi connectivity index (χ0n) is 10.0. The van der Waals surface area contributed by atoms with Crippen molar-refractivity contribution >= 4 is 27.5 Å². The van der Waals surface area contributed by atoms with E-state index in [2.05, 4.69) is 39.2 Å². The second-order valence-electron chi connectivity index (χ2n) is 3.71. The minimum Gasteiger partial charge on any atom is -0.373 e. The van der Waals surface area contributed by atoms with E-state index in [0.29, 0.717) is 12.1 Å². The number of halogens is 1. The predicted molar refractivity (Wildman–Crippen MR) is 75.1 cm³/mol. The SMILES string of the molecule is C=CCNC(=O)C(C)Nc1ccc(C#N)cc1Br. The van der Waals surface area contributed by atoms with Crippen LogP contribution < -0.4 is 10.6 Å². The summed E-state index contributed by atoms with van der Waals surface area (Å²) in [6.07, 6.45) is 1.63. The van der Waals surface area contributed by atoms with E-state index >= 15 is 0 Å². The third-order valence-corrected chi connectivity index (χ3v) is 2.94. The summed E-state index contributed by atoms with van der Waals surface area (Å²) in [5.41, 5.74) is 1.34. The molecular weight excluding hydrogens is 294 g/mol. The Bertz CT molecular complexity index is 493. The van der Waals surface area contributed by atoms with Crippen LogP contribution in [0.2, 0.25) is 0 Å². The molecule has 0 aliphatic rings. The van der Waals surface area contributed by atoms with Crippen LogP contribution in [0.1, 0.15) is 12.5 Å². The van der Waals surface area contributed by atoms with Crippen molar-refractivity contribution in [2.75, 3.05) is 11.9 Å². The quantitative estimate of drug-likeness (QED) is 0.821. The molecule has 0 aliphatic carbocycles. The van der Waals surface area contributed by atoms with E-state index in [1.165, 1.54) is 0 Å². The Kier molecular flexibility index (Phi) is 5.40. The lowest BCUT2D eigenvalue weighted by atomic mass is 10.2. The molecule has 1 amide bonds. The first-order valence-electron chi connectivity index (χ1n) is 5.43. The maximum Gasteiger partial charge on any atom is 0.242 e. The van der Waals surface area contributed by atoms with Gasteiger partial charge in [0.05, 0.1) is 11.6 Å². The van der Waals surface area contributed by atoms with Crippen molar-refractivity contribution in [3.05, 3.63) is 40.9 Å². The van der Waals surface area contributed by atoms with Gasteiger partial charge in [-0.3, -0.25) is 4.79 Å². The summed E-state index contributed by atoms with van der Waals surface area (Å²) in [5.74, 6) is -0.105. The minimum atomic E-state index is -0.366. The molecule has 4 nitrogen and oxygen atoms in total. The molecule has 2 N–H and O–H groups in total. The van der Waals surface area contributed by atoms with E-state index in [9.17, 15) is 4.79 Å². The van der Waals surface area contributed by atoms with Gasteiger partial charge in [-0.15, -0.1) is 6.58 Å². The summed E-state index contributed by atoms with van der Waals surface area (Å²) in [5, 5.41) is 14.5. The van der Waals surface area contributed by atoms with E-state index < -0.39 is 0 Å². The highest BCUT2D eigenvalue weighted by Crippen LogP contribution is 2.24. The van der Waals surface area contributed by atoms with Gasteiger partial charge in [0.25, 0.3) is 0 Å². The van der Waals surface area contributed by atoms with Crippen LogP contribution in [-0.4, -0.2) is 18.5 Å². The predicted octanol–water partition coefficient (Wildman–Crippen LogP) is 2.42. The number of rotatable bonds is 5. The van der Waals surface area contributed by atoms with Gasteiger partial charge < -0.3 is 10.6 Å². The standard InChI is InChI=1S/C13H14BrN3O/c1-3-6-16-13(18)9(2)17-12-5-4-10(8-15)7-11(12)14/h3-5,7,9,17H,1,6H2,2H3,(H,16,18). The Morgan fingerprint density at radius 3 is 2.94 bits per heavy atom. The van der Waals surface area contributed by atoms with Crippen LogP contribution in [0, 0.1) is 11.3 Å². The van der Waals surface area contributed by atoms with Gasteiger partial charge in [-0.05, 0) is 41.1 Å². The maximum absolute atomic E-state index is 11.7. The summed E-state index contributed by atoms with van der Waals surface area (Å²) in [6, 6.07) is 6.85. The zero-order chi connectivity index (χ0) is 13.5. The molecule has 0 saturated carbocycles. The number of hydrogen-bond donors (Lipinski definition) is 2. The molecule has 0 fully saturated rings. The fraction of sp³-hybridized carbons (Fsp3) is 0.231. The van der Waals surface area contributed by atoms with Crippen LogP contribution in [0.4, 0.5) is 5.69 Å². The fourth-order valence-corrected chi connectivity index (χ4v) is 1.82. The summed E-state index contributed by atoms with van der Waals surface area (Å²) < 4.78 is 0.755. The summed E-state index contributed by atoms with van der Waals surface area (Å²) in [7, 11) is 0. The average Bonchev–Trinajstić information content (AvgIpc) is 2.38. The molecule has 1 atom stereocenters. The molecule has 0 heterocycles. The summed E-state index contributed by atoms with van der Waals surface area (Å²) in [6.45, 7) is 5.75.